The zero-order valence-electron chi connectivity index (χ0n) is 13.8. The van der Waals surface area contributed by atoms with Gasteiger partial charge in [-0.25, -0.2) is 0 Å². The molecular weight excluding hydrogens is 316 g/mol. The van der Waals surface area contributed by atoms with Crippen molar-refractivity contribution in [2.45, 2.75) is 13.5 Å². The van der Waals surface area contributed by atoms with E-state index in [1.165, 1.54) is 0 Å². The van der Waals surface area contributed by atoms with Gasteiger partial charge in [0.2, 0.25) is 0 Å². The highest BCUT2D eigenvalue weighted by molar-refractivity contribution is 6.06. The molecule has 0 spiro atoms. The molecule has 1 heterocycles. The minimum Gasteiger partial charge on any atom is -0.467 e. The zero-order valence-corrected chi connectivity index (χ0v) is 13.8. The van der Waals surface area contributed by atoms with Gasteiger partial charge < -0.3 is 15.1 Å². The molecule has 3 rings (SSSR count). The number of nitrogens with one attached hydrogen (secondary N) is 2. The van der Waals surface area contributed by atoms with Crippen LogP contribution in [0.1, 0.15) is 32.0 Å². The number of rotatable bonds is 5. The van der Waals surface area contributed by atoms with E-state index in [0.717, 1.165) is 11.3 Å². The summed E-state index contributed by atoms with van der Waals surface area (Å²) in [5.41, 5.74) is 2.62. The van der Waals surface area contributed by atoms with Crippen molar-refractivity contribution in [3.05, 3.63) is 89.4 Å². The second-order valence-electron chi connectivity index (χ2n) is 5.67. The minimum absolute atomic E-state index is 0.258. The van der Waals surface area contributed by atoms with E-state index >= 15 is 0 Å². The van der Waals surface area contributed by atoms with Gasteiger partial charge in [-0.3, -0.25) is 9.59 Å². The van der Waals surface area contributed by atoms with Gasteiger partial charge in [-0.1, -0.05) is 18.2 Å². The Morgan fingerprint density at radius 3 is 2.40 bits per heavy atom. The van der Waals surface area contributed by atoms with Crippen molar-refractivity contribution < 1.29 is 14.0 Å². The summed E-state index contributed by atoms with van der Waals surface area (Å²) >= 11 is 0. The number of amides is 2. The van der Waals surface area contributed by atoms with Crippen LogP contribution in [0.15, 0.2) is 71.3 Å². The summed E-state index contributed by atoms with van der Waals surface area (Å²) in [6, 6.07) is 17.7. The first kappa shape index (κ1) is 16.5. The topological polar surface area (TPSA) is 71.3 Å². The molecule has 0 aliphatic carbocycles. The number of furan rings is 1. The summed E-state index contributed by atoms with van der Waals surface area (Å²) in [5.74, 6) is 0.148. The normalized spacial score (nSPS) is 10.3. The predicted octanol–water partition coefficient (Wildman–Crippen LogP) is 3.77. The molecule has 0 radical (unpaired) electrons. The predicted molar refractivity (Wildman–Crippen MR) is 95.5 cm³/mol. The van der Waals surface area contributed by atoms with E-state index in [9.17, 15) is 9.59 Å². The van der Waals surface area contributed by atoms with Gasteiger partial charge in [0.15, 0.2) is 0 Å². The van der Waals surface area contributed by atoms with E-state index in [0.29, 0.717) is 23.4 Å². The first-order chi connectivity index (χ1) is 12.1. The van der Waals surface area contributed by atoms with Crippen molar-refractivity contribution in [3.63, 3.8) is 0 Å². The van der Waals surface area contributed by atoms with Crippen LogP contribution in [0.5, 0.6) is 0 Å². The number of hydrogen-bond acceptors (Lipinski definition) is 3. The van der Waals surface area contributed by atoms with Gasteiger partial charge in [-0.15, -0.1) is 0 Å². The standard InChI is InChI=1S/C20H18N2O3/c1-14-5-2-8-17(11-14)22-20(24)16-7-3-6-15(12-16)19(23)21-13-18-9-4-10-25-18/h2-12H,13H2,1H3,(H,21,23)(H,22,24). The minimum atomic E-state index is -0.262. The Hall–Kier alpha value is -3.34. The quantitative estimate of drug-likeness (QED) is 0.746. The van der Waals surface area contributed by atoms with Crippen LogP contribution in [-0.4, -0.2) is 11.8 Å². The fourth-order valence-corrected chi connectivity index (χ4v) is 2.41. The Labute approximate surface area is 145 Å². The van der Waals surface area contributed by atoms with Gasteiger partial charge in [0.1, 0.15) is 5.76 Å². The van der Waals surface area contributed by atoms with E-state index in [4.69, 9.17) is 4.42 Å². The molecule has 2 aromatic carbocycles. The van der Waals surface area contributed by atoms with Crippen molar-refractivity contribution in [2.75, 3.05) is 5.32 Å². The average Bonchev–Trinajstić information content (AvgIpc) is 3.13. The van der Waals surface area contributed by atoms with Crippen LogP contribution in [0.25, 0.3) is 0 Å². The number of hydrogen-bond donors (Lipinski definition) is 2. The summed E-state index contributed by atoms with van der Waals surface area (Å²) in [7, 11) is 0. The lowest BCUT2D eigenvalue weighted by Crippen LogP contribution is -2.23. The molecule has 126 valence electrons. The number of carbonyl (C=O) groups excluding carboxylic acids is 2. The van der Waals surface area contributed by atoms with Crippen LogP contribution in [0.2, 0.25) is 0 Å². The maximum absolute atomic E-state index is 12.4. The number of aryl methyl sites for hydroxylation is 1. The molecule has 1 aromatic heterocycles. The van der Waals surface area contributed by atoms with Crippen LogP contribution in [0.4, 0.5) is 5.69 Å². The van der Waals surface area contributed by atoms with Crippen molar-refractivity contribution in [2.24, 2.45) is 0 Å². The Morgan fingerprint density at radius 1 is 0.920 bits per heavy atom. The van der Waals surface area contributed by atoms with Crippen LogP contribution in [-0.2, 0) is 6.54 Å². The summed E-state index contributed by atoms with van der Waals surface area (Å²) in [5, 5.41) is 5.59. The summed E-state index contributed by atoms with van der Waals surface area (Å²) in [6.07, 6.45) is 1.55. The summed E-state index contributed by atoms with van der Waals surface area (Å²) in [4.78, 5) is 24.6. The zero-order chi connectivity index (χ0) is 17.6. The van der Waals surface area contributed by atoms with Gasteiger partial charge in [-0.05, 0) is 55.0 Å². The highest BCUT2D eigenvalue weighted by Crippen LogP contribution is 2.13. The number of anilines is 1. The average molecular weight is 334 g/mol. The molecule has 25 heavy (non-hydrogen) atoms. The molecular formula is C20H18N2O3. The van der Waals surface area contributed by atoms with Crippen molar-refractivity contribution >= 4 is 17.5 Å². The van der Waals surface area contributed by atoms with Crippen LogP contribution >= 0.6 is 0 Å². The van der Waals surface area contributed by atoms with Crippen LogP contribution < -0.4 is 10.6 Å². The summed E-state index contributed by atoms with van der Waals surface area (Å²) < 4.78 is 5.18. The number of benzene rings is 2. The lowest BCUT2D eigenvalue weighted by atomic mass is 10.1. The second-order valence-corrected chi connectivity index (χ2v) is 5.67. The van der Waals surface area contributed by atoms with Crippen LogP contribution in [0.3, 0.4) is 0 Å². The Bertz CT molecular complexity index is 885. The maximum atomic E-state index is 12.4. The molecule has 0 saturated heterocycles. The van der Waals surface area contributed by atoms with E-state index in [1.807, 2.05) is 31.2 Å². The van der Waals surface area contributed by atoms with Crippen molar-refractivity contribution in [1.29, 1.82) is 0 Å². The Kier molecular flexibility index (Phi) is 4.95. The van der Waals surface area contributed by atoms with Gasteiger partial charge in [-0.2, -0.15) is 0 Å². The maximum Gasteiger partial charge on any atom is 0.255 e. The lowest BCUT2D eigenvalue weighted by Gasteiger charge is -2.08. The largest absolute Gasteiger partial charge is 0.467 e. The summed E-state index contributed by atoms with van der Waals surface area (Å²) in [6.45, 7) is 2.26. The smallest absolute Gasteiger partial charge is 0.255 e. The highest BCUT2D eigenvalue weighted by Gasteiger charge is 2.11. The molecule has 0 aliphatic rings. The van der Waals surface area contributed by atoms with Gasteiger partial charge in [0.25, 0.3) is 11.8 Å². The molecule has 0 saturated carbocycles. The van der Waals surface area contributed by atoms with E-state index in [1.54, 1.807) is 42.7 Å². The third-order valence-corrected chi connectivity index (χ3v) is 3.67. The molecule has 0 aliphatic heterocycles. The highest BCUT2D eigenvalue weighted by atomic mass is 16.3. The van der Waals surface area contributed by atoms with Crippen molar-refractivity contribution in [3.8, 4) is 0 Å². The monoisotopic (exact) mass is 334 g/mol. The fraction of sp³-hybridized carbons (Fsp3) is 0.100. The van der Waals surface area contributed by atoms with Gasteiger partial charge >= 0.3 is 0 Å². The first-order valence-electron chi connectivity index (χ1n) is 7.90. The Morgan fingerprint density at radius 2 is 1.68 bits per heavy atom. The third kappa shape index (κ3) is 4.35. The molecule has 5 heteroatoms. The van der Waals surface area contributed by atoms with E-state index in [-0.39, 0.29) is 11.8 Å². The van der Waals surface area contributed by atoms with Crippen LogP contribution in [0, 0.1) is 6.92 Å². The third-order valence-electron chi connectivity index (χ3n) is 3.67. The van der Waals surface area contributed by atoms with Gasteiger partial charge in [0, 0.05) is 16.8 Å². The Balaban J connectivity index is 1.67. The molecule has 3 aromatic rings. The number of carbonyl (C=O) groups is 2. The molecule has 2 amide bonds. The van der Waals surface area contributed by atoms with E-state index < -0.39 is 0 Å². The second kappa shape index (κ2) is 7.49. The molecule has 0 atom stereocenters. The first-order valence-corrected chi connectivity index (χ1v) is 7.90. The molecule has 2 N–H and O–H groups in total. The fourth-order valence-electron chi connectivity index (χ4n) is 2.41. The molecule has 0 unspecified atom stereocenters. The molecule has 5 nitrogen and oxygen atoms in total. The molecule has 0 fully saturated rings. The molecule has 0 bridgehead atoms. The van der Waals surface area contributed by atoms with E-state index in [2.05, 4.69) is 10.6 Å². The SMILES string of the molecule is Cc1cccc(NC(=O)c2cccc(C(=O)NCc3ccco3)c2)c1. The lowest BCUT2D eigenvalue weighted by molar-refractivity contribution is 0.0948. The van der Waals surface area contributed by atoms with Crippen molar-refractivity contribution in [1.82, 2.24) is 5.32 Å². The van der Waals surface area contributed by atoms with Gasteiger partial charge in [0.05, 0.1) is 12.8 Å².